The van der Waals surface area contributed by atoms with Crippen LogP contribution in [-0.4, -0.2) is 38.1 Å². The van der Waals surface area contributed by atoms with Crippen LogP contribution < -0.4 is 9.47 Å². The minimum Gasteiger partial charge on any atom is -0.497 e. The summed E-state index contributed by atoms with van der Waals surface area (Å²) in [6.45, 7) is 1.65. The van der Waals surface area contributed by atoms with Gasteiger partial charge in [0.25, 0.3) is 0 Å². The number of amides is 1. The average Bonchev–Trinajstić information content (AvgIpc) is 2.77. The standard InChI is InChI=1S/C24H30FNO3/c1-28-21-9-5-18(6-10-21)3-4-19-13-15-26(16-14-19)24(27)12-8-20-7-11-23(29-2)22(25)17-20/h5-7,9-11,17,19H,3-4,8,12-16H2,1-2H3. The van der Waals surface area contributed by atoms with Gasteiger partial charge in [-0.3, -0.25) is 4.79 Å². The molecule has 1 aliphatic rings. The number of carbonyl (C=O) groups excluding carboxylic acids is 1. The molecule has 0 radical (unpaired) electrons. The first-order valence-corrected chi connectivity index (χ1v) is 10.3. The second-order valence-corrected chi connectivity index (χ2v) is 7.68. The summed E-state index contributed by atoms with van der Waals surface area (Å²) in [5.74, 6) is 1.57. The monoisotopic (exact) mass is 399 g/mol. The molecule has 0 unspecified atom stereocenters. The van der Waals surface area contributed by atoms with Crippen LogP contribution in [0.3, 0.4) is 0 Å². The first kappa shape index (κ1) is 21.2. The molecule has 3 rings (SSSR count). The van der Waals surface area contributed by atoms with Crippen molar-refractivity contribution in [2.24, 2.45) is 5.92 Å². The summed E-state index contributed by atoms with van der Waals surface area (Å²) in [5, 5.41) is 0. The van der Waals surface area contributed by atoms with Crippen LogP contribution in [0, 0.1) is 11.7 Å². The predicted octanol–water partition coefficient (Wildman–Crippen LogP) is 4.65. The van der Waals surface area contributed by atoms with E-state index in [0.717, 1.165) is 50.1 Å². The molecule has 1 saturated heterocycles. The number of ether oxygens (including phenoxy) is 2. The Morgan fingerprint density at radius 1 is 1.00 bits per heavy atom. The highest BCUT2D eigenvalue weighted by Gasteiger charge is 2.22. The molecule has 1 fully saturated rings. The Balaban J connectivity index is 1.39. The van der Waals surface area contributed by atoms with E-state index in [0.29, 0.717) is 18.8 Å². The average molecular weight is 400 g/mol. The molecule has 0 atom stereocenters. The predicted molar refractivity (Wildman–Crippen MR) is 112 cm³/mol. The number of benzene rings is 2. The molecule has 1 heterocycles. The van der Waals surface area contributed by atoms with Crippen LogP contribution in [0.1, 0.15) is 36.8 Å². The zero-order chi connectivity index (χ0) is 20.6. The molecule has 0 aliphatic carbocycles. The van der Waals surface area contributed by atoms with E-state index in [1.165, 1.54) is 18.7 Å². The highest BCUT2D eigenvalue weighted by Crippen LogP contribution is 2.24. The van der Waals surface area contributed by atoms with Gasteiger partial charge in [0.05, 0.1) is 14.2 Å². The second-order valence-electron chi connectivity index (χ2n) is 7.68. The van der Waals surface area contributed by atoms with Gasteiger partial charge in [-0.1, -0.05) is 18.2 Å². The topological polar surface area (TPSA) is 38.8 Å². The van der Waals surface area contributed by atoms with Gasteiger partial charge in [-0.15, -0.1) is 0 Å². The van der Waals surface area contributed by atoms with Gasteiger partial charge in [-0.2, -0.15) is 0 Å². The van der Waals surface area contributed by atoms with Gasteiger partial charge in [0.2, 0.25) is 5.91 Å². The van der Waals surface area contributed by atoms with Gasteiger partial charge < -0.3 is 14.4 Å². The Hall–Kier alpha value is -2.56. The molecule has 2 aromatic carbocycles. The fourth-order valence-electron chi connectivity index (χ4n) is 3.91. The number of likely N-dealkylation sites (tertiary alicyclic amines) is 1. The van der Waals surface area contributed by atoms with Crippen molar-refractivity contribution in [2.45, 2.75) is 38.5 Å². The Labute approximate surface area is 172 Å². The second kappa shape index (κ2) is 10.3. The molecule has 1 aliphatic heterocycles. The molecule has 0 N–H and O–H groups in total. The molecule has 0 aromatic heterocycles. The summed E-state index contributed by atoms with van der Waals surface area (Å²) in [5.41, 5.74) is 2.15. The Morgan fingerprint density at radius 3 is 2.31 bits per heavy atom. The largest absolute Gasteiger partial charge is 0.497 e. The molecule has 0 spiro atoms. The first-order valence-electron chi connectivity index (χ1n) is 10.3. The number of rotatable bonds is 8. The van der Waals surface area contributed by atoms with Crippen molar-refractivity contribution in [3.8, 4) is 11.5 Å². The molecule has 5 heteroatoms. The number of aryl methyl sites for hydroxylation is 2. The van der Waals surface area contributed by atoms with Crippen LogP contribution in [0.4, 0.5) is 4.39 Å². The maximum Gasteiger partial charge on any atom is 0.222 e. The Morgan fingerprint density at radius 2 is 1.69 bits per heavy atom. The van der Waals surface area contributed by atoms with Gasteiger partial charge in [-0.25, -0.2) is 4.39 Å². The van der Waals surface area contributed by atoms with Crippen LogP contribution in [0.15, 0.2) is 42.5 Å². The molecular formula is C24H30FNO3. The van der Waals surface area contributed by atoms with E-state index in [2.05, 4.69) is 12.1 Å². The fourth-order valence-corrected chi connectivity index (χ4v) is 3.91. The molecule has 4 nitrogen and oxygen atoms in total. The van der Waals surface area contributed by atoms with Crippen molar-refractivity contribution in [1.29, 1.82) is 0 Å². The fraction of sp³-hybridized carbons (Fsp3) is 0.458. The van der Waals surface area contributed by atoms with Crippen molar-refractivity contribution >= 4 is 5.91 Å². The first-order chi connectivity index (χ1) is 14.1. The van der Waals surface area contributed by atoms with Gasteiger partial charge in [-0.05, 0) is 73.4 Å². The van der Waals surface area contributed by atoms with E-state index in [1.54, 1.807) is 13.2 Å². The molecular weight excluding hydrogens is 369 g/mol. The minimum atomic E-state index is -0.380. The summed E-state index contributed by atoms with van der Waals surface area (Å²) in [6, 6.07) is 13.1. The third kappa shape index (κ3) is 5.96. The highest BCUT2D eigenvalue weighted by molar-refractivity contribution is 5.76. The van der Waals surface area contributed by atoms with Crippen LogP contribution >= 0.6 is 0 Å². The molecule has 156 valence electrons. The van der Waals surface area contributed by atoms with Gasteiger partial charge in [0.15, 0.2) is 11.6 Å². The third-order valence-electron chi connectivity index (χ3n) is 5.81. The summed E-state index contributed by atoms with van der Waals surface area (Å²) in [7, 11) is 3.13. The molecule has 0 saturated carbocycles. The molecule has 0 bridgehead atoms. The Bertz CT molecular complexity index is 798. The van der Waals surface area contributed by atoms with Crippen LogP contribution in [0.2, 0.25) is 0 Å². The number of nitrogens with zero attached hydrogens (tertiary/aromatic N) is 1. The summed E-state index contributed by atoms with van der Waals surface area (Å²) in [4.78, 5) is 14.5. The molecule has 2 aromatic rings. The summed E-state index contributed by atoms with van der Waals surface area (Å²) in [6.07, 6.45) is 5.29. The lowest BCUT2D eigenvalue weighted by molar-refractivity contribution is -0.132. The highest BCUT2D eigenvalue weighted by atomic mass is 19.1. The SMILES string of the molecule is COc1ccc(CCC2CCN(C(=O)CCc3ccc(OC)c(F)c3)CC2)cc1. The maximum atomic E-state index is 13.8. The Kier molecular flexibility index (Phi) is 7.50. The van der Waals surface area contributed by atoms with Crippen molar-refractivity contribution in [1.82, 2.24) is 4.90 Å². The minimum absolute atomic E-state index is 0.162. The van der Waals surface area contributed by atoms with Crippen LogP contribution in [0.5, 0.6) is 11.5 Å². The van der Waals surface area contributed by atoms with Crippen LogP contribution in [0.25, 0.3) is 0 Å². The van der Waals surface area contributed by atoms with Crippen molar-refractivity contribution in [2.75, 3.05) is 27.3 Å². The lowest BCUT2D eigenvalue weighted by atomic mass is 9.90. The van der Waals surface area contributed by atoms with E-state index < -0.39 is 0 Å². The van der Waals surface area contributed by atoms with Crippen molar-refractivity contribution < 1.29 is 18.7 Å². The number of hydrogen-bond acceptors (Lipinski definition) is 3. The van der Waals surface area contributed by atoms with E-state index >= 15 is 0 Å². The summed E-state index contributed by atoms with van der Waals surface area (Å²) < 4.78 is 23.9. The number of methoxy groups -OCH3 is 2. The van der Waals surface area contributed by atoms with Crippen molar-refractivity contribution in [3.63, 3.8) is 0 Å². The maximum absolute atomic E-state index is 13.8. The van der Waals surface area contributed by atoms with E-state index in [-0.39, 0.29) is 17.5 Å². The van der Waals surface area contributed by atoms with Gasteiger partial charge in [0.1, 0.15) is 5.75 Å². The molecule has 1 amide bonds. The summed E-state index contributed by atoms with van der Waals surface area (Å²) >= 11 is 0. The van der Waals surface area contributed by atoms with Gasteiger partial charge in [0, 0.05) is 19.5 Å². The zero-order valence-corrected chi connectivity index (χ0v) is 17.3. The normalized spacial score (nSPS) is 14.7. The zero-order valence-electron chi connectivity index (χ0n) is 17.3. The van der Waals surface area contributed by atoms with Crippen LogP contribution in [-0.2, 0) is 17.6 Å². The van der Waals surface area contributed by atoms with Gasteiger partial charge >= 0.3 is 0 Å². The number of hydrogen-bond donors (Lipinski definition) is 0. The van der Waals surface area contributed by atoms with E-state index in [1.807, 2.05) is 23.1 Å². The third-order valence-corrected chi connectivity index (χ3v) is 5.81. The lowest BCUT2D eigenvalue weighted by Crippen LogP contribution is -2.38. The lowest BCUT2D eigenvalue weighted by Gasteiger charge is -2.32. The van der Waals surface area contributed by atoms with Crippen molar-refractivity contribution in [3.05, 3.63) is 59.4 Å². The number of carbonyl (C=O) groups is 1. The number of halogens is 1. The number of piperidine rings is 1. The quantitative estimate of drug-likeness (QED) is 0.649. The molecule has 29 heavy (non-hydrogen) atoms. The van der Waals surface area contributed by atoms with E-state index in [9.17, 15) is 9.18 Å². The smallest absolute Gasteiger partial charge is 0.222 e. The van der Waals surface area contributed by atoms with E-state index in [4.69, 9.17) is 9.47 Å².